The van der Waals surface area contributed by atoms with E-state index in [0.717, 1.165) is 13.1 Å². The highest BCUT2D eigenvalue weighted by Crippen LogP contribution is 2.16. The first kappa shape index (κ1) is 12.9. The van der Waals surface area contributed by atoms with Crippen molar-refractivity contribution in [2.75, 3.05) is 32.9 Å². The van der Waals surface area contributed by atoms with Gasteiger partial charge in [0.05, 0.1) is 0 Å². The van der Waals surface area contributed by atoms with Gasteiger partial charge in [0, 0.05) is 30.6 Å². The van der Waals surface area contributed by atoms with Gasteiger partial charge in [-0.2, -0.15) is 0 Å². The van der Waals surface area contributed by atoms with Crippen molar-refractivity contribution in [3.05, 3.63) is 29.8 Å². The van der Waals surface area contributed by atoms with Crippen molar-refractivity contribution >= 4 is 11.8 Å². The predicted octanol–water partition coefficient (Wildman–Crippen LogP) is 2.24. The Kier molecular flexibility index (Phi) is 4.89. The van der Waals surface area contributed by atoms with Crippen molar-refractivity contribution in [1.29, 1.82) is 0 Å². The van der Waals surface area contributed by atoms with Crippen molar-refractivity contribution < 1.29 is 0 Å². The summed E-state index contributed by atoms with van der Waals surface area (Å²) in [7, 11) is 2.24. The number of aryl methyl sites for hydroxylation is 1. The minimum absolute atomic E-state index is 0.698. The normalized spacial score (nSPS) is 21.6. The topological polar surface area (TPSA) is 15.3 Å². The summed E-state index contributed by atoms with van der Waals surface area (Å²) in [6.45, 7) is 3.45. The maximum absolute atomic E-state index is 3.47. The molecular formula is C14H22N2S. The van der Waals surface area contributed by atoms with Crippen LogP contribution in [0.15, 0.2) is 29.2 Å². The maximum atomic E-state index is 3.47. The molecular weight excluding hydrogens is 228 g/mol. The Labute approximate surface area is 109 Å². The molecule has 0 amide bonds. The molecule has 1 fully saturated rings. The molecule has 1 heterocycles. The molecule has 2 nitrogen and oxygen atoms in total. The third kappa shape index (κ3) is 3.73. The third-order valence-electron chi connectivity index (χ3n) is 3.57. The van der Waals surface area contributed by atoms with Gasteiger partial charge in [-0.25, -0.2) is 0 Å². The van der Waals surface area contributed by atoms with Gasteiger partial charge in [-0.15, -0.1) is 11.8 Å². The fraction of sp³-hybridized carbons (Fsp3) is 0.571. The fourth-order valence-electron chi connectivity index (χ4n) is 2.31. The van der Waals surface area contributed by atoms with Crippen LogP contribution in [0.25, 0.3) is 0 Å². The van der Waals surface area contributed by atoms with Crippen molar-refractivity contribution in [3.63, 3.8) is 0 Å². The number of benzene rings is 1. The standard InChI is InChI=1S/C14H22N2S/c1-16-10-9-15-11-13(16)6-3-12-4-7-14(17-2)8-5-12/h4-5,7-8,13,15H,3,6,9-11H2,1-2H3. The fourth-order valence-corrected chi connectivity index (χ4v) is 2.72. The summed E-state index contributed by atoms with van der Waals surface area (Å²) in [4.78, 5) is 3.83. The van der Waals surface area contributed by atoms with E-state index in [-0.39, 0.29) is 0 Å². The lowest BCUT2D eigenvalue weighted by molar-refractivity contribution is 0.191. The minimum Gasteiger partial charge on any atom is -0.314 e. The molecule has 1 aliphatic heterocycles. The Hall–Kier alpha value is -0.510. The highest BCUT2D eigenvalue weighted by molar-refractivity contribution is 7.98. The number of nitrogens with zero attached hydrogens (tertiary/aromatic N) is 1. The Morgan fingerprint density at radius 1 is 1.35 bits per heavy atom. The molecule has 1 unspecified atom stereocenters. The van der Waals surface area contributed by atoms with Crippen LogP contribution in [-0.2, 0) is 6.42 Å². The zero-order chi connectivity index (χ0) is 12.1. The van der Waals surface area contributed by atoms with Crippen LogP contribution in [0, 0.1) is 0 Å². The Morgan fingerprint density at radius 2 is 2.12 bits per heavy atom. The largest absolute Gasteiger partial charge is 0.314 e. The van der Waals surface area contributed by atoms with E-state index in [0.29, 0.717) is 6.04 Å². The molecule has 3 heteroatoms. The molecule has 2 rings (SSSR count). The summed E-state index contributed by atoms with van der Waals surface area (Å²) in [5.41, 5.74) is 1.46. The zero-order valence-corrected chi connectivity index (χ0v) is 11.6. The van der Waals surface area contributed by atoms with E-state index < -0.39 is 0 Å². The molecule has 94 valence electrons. The maximum Gasteiger partial charge on any atom is 0.0221 e. The van der Waals surface area contributed by atoms with E-state index in [1.807, 2.05) is 0 Å². The second-order valence-electron chi connectivity index (χ2n) is 4.73. The van der Waals surface area contributed by atoms with Gasteiger partial charge in [0.15, 0.2) is 0 Å². The van der Waals surface area contributed by atoms with Gasteiger partial charge in [0.1, 0.15) is 0 Å². The van der Waals surface area contributed by atoms with Crippen molar-refractivity contribution in [2.45, 2.75) is 23.8 Å². The van der Waals surface area contributed by atoms with Crippen LogP contribution in [0.1, 0.15) is 12.0 Å². The lowest BCUT2D eigenvalue weighted by Crippen LogP contribution is -2.49. The predicted molar refractivity (Wildman–Crippen MR) is 75.8 cm³/mol. The van der Waals surface area contributed by atoms with E-state index in [1.54, 1.807) is 11.8 Å². The Morgan fingerprint density at radius 3 is 2.76 bits per heavy atom. The van der Waals surface area contributed by atoms with E-state index >= 15 is 0 Å². The molecule has 1 saturated heterocycles. The number of thioether (sulfide) groups is 1. The van der Waals surface area contributed by atoms with Crippen LogP contribution in [0.4, 0.5) is 0 Å². The van der Waals surface area contributed by atoms with Crippen LogP contribution < -0.4 is 5.32 Å². The number of piperazine rings is 1. The van der Waals surface area contributed by atoms with Gasteiger partial charge >= 0.3 is 0 Å². The summed E-state index contributed by atoms with van der Waals surface area (Å²) < 4.78 is 0. The molecule has 1 N–H and O–H groups in total. The second kappa shape index (κ2) is 6.43. The Balaban J connectivity index is 1.84. The zero-order valence-electron chi connectivity index (χ0n) is 10.8. The first-order chi connectivity index (χ1) is 8.29. The van der Waals surface area contributed by atoms with Crippen molar-refractivity contribution in [2.24, 2.45) is 0 Å². The highest BCUT2D eigenvalue weighted by Gasteiger charge is 2.17. The van der Waals surface area contributed by atoms with Gasteiger partial charge in [-0.1, -0.05) is 12.1 Å². The number of nitrogens with one attached hydrogen (secondary N) is 1. The molecule has 0 spiro atoms. The van der Waals surface area contributed by atoms with E-state index in [1.165, 1.54) is 29.8 Å². The summed E-state index contributed by atoms with van der Waals surface area (Å²) in [6.07, 6.45) is 4.56. The molecule has 1 aromatic carbocycles. The number of hydrogen-bond acceptors (Lipinski definition) is 3. The molecule has 0 radical (unpaired) electrons. The van der Waals surface area contributed by atoms with E-state index in [9.17, 15) is 0 Å². The lowest BCUT2D eigenvalue weighted by atomic mass is 10.0. The van der Waals surface area contributed by atoms with Crippen LogP contribution >= 0.6 is 11.8 Å². The molecule has 1 aromatic rings. The SMILES string of the molecule is CSc1ccc(CCC2CNCCN2C)cc1. The van der Waals surface area contributed by atoms with Gasteiger partial charge in [0.2, 0.25) is 0 Å². The van der Waals surface area contributed by atoms with Crippen LogP contribution in [-0.4, -0.2) is 43.9 Å². The van der Waals surface area contributed by atoms with Crippen molar-refractivity contribution in [3.8, 4) is 0 Å². The van der Waals surface area contributed by atoms with Crippen molar-refractivity contribution in [1.82, 2.24) is 10.2 Å². The molecule has 1 aliphatic rings. The smallest absolute Gasteiger partial charge is 0.0221 e. The van der Waals surface area contributed by atoms with Gasteiger partial charge in [-0.05, 0) is 43.8 Å². The van der Waals surface area contributed by atoms with Crippen LogP contribution in [0.3, 0.4) is 0 Å². The first-order valence-electron chi connectivity index (χ1n) is 6.33. The molecule has 0 aromatic heterocycles. The summed E-state index contributed by atoms with van der Waals surface area (Å²) in [5.74, 6) is 0. The average Bonchev–Trinajstić information content (AvgIpc) is 2.38. The van der Waals surface area contributed by atoms with Gasteiger partial charge in [-0.3, -0.25) is 0 Å². The van der Waals surface area contributed by atoms with E-state index in [4.69, 9.17) is 0 Å². The third-order valence-corrected chi connectivity index (χ3v) is 4.31. The highest BCUT2D eigenvalue weighted by atomic mass is 32.2. The van der Waals surface area contributed by atoms with Crippen LogP contribution in [0.5, 0.6) is 0 Å². The second-order valence-corrected chi connectivity index (χ2v) is 5.60. The molecule has 0 bridgehead atoms. The summed E-state index contributed by atoms with van der Waals surface area (Å²) in [6, 6.07) is 9.68. The number of likely N-dealkylation sites (N-methyl/N-ethyl adjacent to an activating group) is 1. The Bertz CT molecular complexity index is 337. The van der Waals surface area contributed by atoms with Gasteiger partial charge < -0.3 is 10.2 Å². The average molecular weight is 250 g/mol. The van der Waals surface area contributed by atoms with E-state index in [2.05, 4.69) is 47.8 Å². The lowest BCUT2D eigenvalue weighted by Gasteiger charge is -2.33. The minimum atomic E-state index is 0.698. The summed E-state index contributed by atoms with van der Waals surface area (Å²) >= 11 is 1.81. The molecule has 1 atom stereocenters. The van der Waals surface area contributed by atoms with Gasteiger partial charge in [0.25, 0.3) is 0 Å². The quantitative estimate of drug-likeness (QED) is 0.825. The molecule has 0 aliphatic carbocycles. The number of hydrogen-bond donors (Lipinski definition) is 1. The monoisotopic (exact) mass is 250 g/mol. The van der Waals surface area contributed by atoms with Crippen LogP contribution in [0.2, 0.25) is 0 Å². The molecule has 17 heavy (non-hydrogen) atoms. The summed E-state index contributed by atoms with van der Waals surface area (Å²) in [5, 5.41) is 3.47. The first-order valence-corrected chi connectivity index (χ1v) is 7.56. The molecule has 0 saturated carbocycles. The number of rotatable bonds is 4.